The van der Waals surface area contributed by atoms with Crippen LogP contribution in [0.3, 0.4) is 0 Å². The number of nitrogens with zero attached hydrogens (tertiary/aromatic N) is 4. The molecule has 3 fully saturated rings. The summed E-state index contributed by atoms with van der Waals surface area (Å²) in [7, 11) is 0. The topological polar surface area (TPSA) is 67.8 Å². The Balaban J connectivity index is 1.48. The van der Waals surface area contributed by atoms with Gasteiger partial charge in [-0.15, -0.1) is 10.2 Å². The van der Waals surface area contributed by atoms with Crippen LogP contribution in [0.15, 0.2) is 0 Å². The largest absolute Gasteiger partial charge is 0.380 e. The number of hydrogen-bond acceptors (Lipinski definition) is 7. The van der Waals surface area contributed by atoms with Crippen molar-refractivity contribution in [3.8, 4) is 0 Å². The Hall–Kier alpha value is -1.25. The Kier molecular flexibility index (Phi) is 4.21. The SMILES string of the molecule is Cc1nnc(N2C[C@@H]3COC[C@H](C(=O)N4CCOCC4)[C@@H]3C2)s1. The smallest absolute Gasteiger partial charge is 0.228 e. The zero-order valence-electron chi connectivity index (χ0n) is 13.3. The molecular weight excluding hydrogens is 316 g/mol. The third-order valence-electron chi connectivity index (χ3n) is 5.06. The Bertz CT molecular complexity index is 575. The summed E-state index contributed by atoms with van der Waals surface area (Å²) in [6, 6.07) is 0. The van der Waals surface area contributed by atoms with Crippen molar-refractivity contribution in [1.82, 2.24) is 15.1 Å². The van der Waals surface area contributed by atoms with Crippen molar-refractivity contribution in [3.05, 3.63) is 5.01 Å². The van der Waals surface area contributed by atoms with E-state index in [9.17, 15) is 4.79 Å². The number of rotatable bonds is 2. The lowest BCUT2D eigenvalue weighted by atomic mass is 9.82. The fourth-order valence-corrected chi connectivity index (χ4v) is 4.55. The highest BCUT2D eigenvalue weighted by molar-refractivity contribution is 7.15. The molecule has 126 valence electrons. The first-order valence-corrected chi connectivity index (χ1v) is 9.03. The fourth-order valence-electron chi connectivity index (χ4n) is 3.84. The van der Waals surface area contributed by atoms with Gasteiger partial charge in [-0.05, 0) is 12.8 Å². The highest BCUT2D eigenvalue weighted by Crippen LogP contribution is 2.38. The normalized spacial score (nSPS) is 31.3. The van der Waals surface area contributed by atoms with E-state index in [-0.39, 0.29) is 11.8 Å². The predicted octanol–water partition coefficient (Wildman–Crippen LogP) is 0.404. The van der Waals surface area contributed by atoms with Crippen LogP contribution < -0.4 is 4.90 Å². The molecule has 0 aromatic carbocycles. The summed E-state index contributed by atoms with van der Waals surface area (Å²) in [5.41, 5.74) is 0. The minimum absolute atomic E-state index is 0.0362. The van der Waals surface area contributed by atoms with E-state index >= 15 is 0 Å². The molecule has 1 aromatic heterocycles. The molecule has 0 saturated carbocycles. The first-order valence-electron chi connectivity index (χ1n) is 8.21. The van der Waals surface area contributed by atoms with E-state index in [1.807, 2.05) is 11.8 Å². The van der Waals surface area contributed by atoms with Gasteiger partial charge in [0.15, 0.2) is 0 Å². The van der Waals surface area contributed by atoms with Crippen molar-refractivity contribution >= 4 is 22.4 Å². The number of aromatic nitrogens is 2. The number of morpholine rings is 1. The van der Waals surface area contributed by atoms with Crippen LogP contribution in [0.4, 0.5) is 5.13 Å². The van der Waals surface area contributed by atoms with Gasteiger partial charge < -0.3 is 19.3 Å². The Labute approximate surface area is 139 Å². The van der Waals surface area contributed by atoms with Gasteiger partial charge in [0.1, 0.15) is 5.01 Å². The van der Waals surface area contributed by atoms with E-state index in [0.29, 0.717) is 44.7 Å². The molecule has 0 N–H and O–H groups in total. The molecule has 0 spiro atoms. The zero-order chi connectivity index (χ0) is 15.8. The fraction of sp³-hybridized carbons (Fsp3) is 0.800. The number of carbonyl (C=O) groups is 1. The lowest BCUT2D eigenvalue weighted by Crippen LogP contribution is -2.49. The number of aryl methyl sites for hydroxylation is 1. The van der Waals surface area contributed by atoms with Crippen LogP contribution in [-0.2, 0) is 14.3 Å². The highest BCUT2D eigenvalue weighted by atomic mass is 32.1. The molecule has 3 aliphatic rings. The minimum Gasteiger partial charge on any atom is -0.380 e. The lowest BCUT2D eigenvalue weighted by molar-refractivity contribution is -0.148. The third-order valence-corrected chi connectivity index (χ3v) is 5.96. The van der Waals surface area contributed by atoms with E-state index < -0.39 is 0 Å². The number of amides is 1. The molecule has 0 bridgehead atoms. The van der Waals surface area contributed by atoms with Crippen molar-refractivity contribution in [2.24, 2.45) is 17.8 Å². The minimum atomic E-state index is -0.0362. The first kappa shape index (κ1) is 15.3. The first-order chi connectivity index (χ1) is 11.2. The number of carbonyl (C=O) groups excluding carboxylic acids is 1. The number of ether oxygens (including phenoxy) is 2. The standard InChI is InChI=1S/C15H22N4O3S/c1-10-16-17-15(23-10)19-6-11-8-22-9-13(12(11)7-19)14(20)18-2-4-21-5-3-18/h11-13H,2-9H2,1H3/t11-,12-,13+/m1/s1. The molecular formula is C15H22N4O3S. The summed E-state index contributed by atoms with van der Waals surface area (Å²) in [4.78, 5) is 17.1. The van der Waals surface area contributed by atoms with Gasteiger partial charge in [0.2, 0.25) is 11.0 Å². The summed E-state index contributed by atoms with van der Waals surface area (Å²) in [5.74, 6) is 0.954. The molecule has 0 radical (unpaired) electrons. The van der Waals surface area contributed by atoms with Crippen LogP contribution in [0.1, 0.15) is 5.01 Å². The lowest BCUT2D eigenvalue weighted by Gasteiger charge is -2.36. The number of hydrogen-bond donors (Lipinski definition) is 0. The molecule has 4 rings (SSSR count). The highest BCUT2D eigenvalue weighted by Gasteiger charge is 2.45. The second-order valence-corrected chi connectivity index (χ2v) is 7.67. The predicted molar refractivity (Wildman–Crippen MR) is 85.5 cm³/mol. The van der Waals surface area contributed by atoms with Crippen LogP contribution in [0.25, 0.3) is 0 Å². The summed E-state index contributed by atoms with van der Waals surface area (Å²) in [5, 5.41) is 10.3. The Morgan fingerprint density at radius 3 is 2.74 bits per heavy atom. The van der Waals surface area contributed by atoms with Gasteiger partial charge in [-0.25, -0.2) is 0 Å². The van der Waals surface area contributed by atoms with Gasteiger partial charge in [0.25, 0.3) is 0 Å². The Morgan fingerprint density at radius 1 is 1.17 bits per heavy atom. The van der Waals surface area contributed by atoms with Crippen LogP contribution in [0, 0.1) is 24.7 Å². The molecule has 7 nitrogen and oxygen atoms in total. The summed E-state index contributed by atoms with van der Waals surface area (Å²) in [6.07, 6.45) is 0. The summed E-state index contributed by atoms with van der Waals surface area (Å²) < 4.78 is 11.1. The molecule has 1 aromatic rings. The summed E-state index contributed by atoms with van der Waals surface area (Å²) in [6.45, 7) is 7.73. The van der Waals surface area contributed by atoms with Crippen molar-refractivity contribution in [2.45, 2.75) is 6.92 Å². The van der Waals surface area contributed by atoms with E-state index in [4.69, 9.17) is 9.47 Å². The second-order valence-electron chi connectivity index (χ2n) is 6.51. The average Bonchev–Trinajstić information content (AvgIpc) is 3.20. The van der Waals surface area contributed by atoms with E-state index in [1.54, 1.807) is 11.3 Å². The van der Waals surface area contributed by atoms with Gasteiger partial charge in [-0.1, -0.05) is 11.3 Å². The maximum absolute atomic E-state index is 12.9. The monoisotopic (exact) mass is 338 g/mol. The van der Waals surface area contributed by atoms with E-state index in [2.05, 4.69) is 15.1 Å². The molecule has 0 aliphatic carbocycles. The van der Waals surface area contributed by atoms with Gasteiger partial charge >= 0.3 is 0 Å². The van der Waals surface area contributed by atoms with Gasteiger partial charge in [0.05, 0.1) is 32.3 Å². The van der Waals surface area contributed by atoms with Crippen molar-refractivity contribution in [1.29, 1.82) is 0 Å². The molecule has 8 heteroatoms. The van der Waals surface area contributed by atoms with E-state index in [0.717, 1.165) is 29.8 Å². The second kappa shape index (κ2) is 6.33. The number of fused-ring (bicyclic) bond motifs is 1. The molecule has 23 heavy (non-hydrogen) atoms. The van der Waals surface area contributed by atoms with Crippen LogP contribution in [0.2, 0.25) is 0 Å². The number of anilines is 1. The molecule has 3 saturated heterocycles. The zero-order valence-corrected chi connectivity index (χ0v) is 14.1. The molecule has 3 atom stereocenters. The molecule has 4 heterocycles. The van der Waals surface area contributed by atoms with E-state index in [1.165, 1.54) is 0 Å². The van der Waals surface area contributed by atoms with Crippen LogP contribution in [0.5, 0.6) is 0 Å². The Morgan fingerprint density at radius 2 is 2.00 bits per heavy atom. The molecule has 3 aliphatic heterocycles. The van der Waals surface area contributed by atoms with Crippen molar-refractivity contribution < 1.29 is 14.3 Å². The molecule has 1 amide bonds. The molecule has 0 unspecified atom stereocenters. The summed E-state index contributed by atoms with van der Waals surface area (Å²) >= 11 is 1.62. The quantitative estimate of drug-likeness (QED) is 0.778. The van der Waals surface area contributed by atoms with Crippen LogP contribution >= 0.6 is 11.3 Å². The van der Waals surface area contributed by atoms with Crippen molar-refractivity contribution in [2.75, 3.05) is 57.5 Å². The van der Waals surface area contributed by atoms with Crippen molar-refractivity contribution in [3.63, 3.8) is 0 Å². The average molecular weight is 338 g/mol. The maximum Gasteiger partial charge on any atom is 0.228 e. The van der Waals surface area contributed by atoms with Crippen LogP contribution in [-0.4, -0.2) is 73.6 Å². The third kappa shape index (κ3) is 2.95. The maximum atomic E-state index is 12.9. The van der Waals surface area contributed by atoms with Gasteiger partial charge in [-0.2, -0.15) is 0 Å². The van der Waals surface area contributed by atoms with Gasteiger partial charge in [0, 0.05) is 32.1 Å². The van der Waals surface area contributed by atoms with Gasteiger partial charge in [-0.3, -0.25) is 4.79 Å².